The quantitative estimate of drug-likeness (QED) is 0.839. The van der Waals surface area contributed by atoms with Crippen LogP contribution >= 0.6 is 11.8 Å². The summed E-state index contributed by atoms with van der Waals surface area (Å²) in [4.78, 5) is 13.6. The molecule has 0 aromatic heterocycles. The van der Waals surface area contributed by atoms with Crippen LogP contribution < -0.4 is 5.73 Å². The number of hydrogen-bond acceptors (Lipinski definition) is 3. The zero-order valence-corrected chi connectivity index (χ0v) is 10.8. The van der Waals surface area contributed by atoms with Gasteiger partial charge in [-0.1, -0.05) is 0 Å². The smallest absolute Gasteiger partial charge is 0.256 e. The molecule has 2 N–H and O–H groups in total. The van der Waals surface area contributed by atoms with E-state index in [0.717, 1.165) is 24.0 Å². The highest BCUT2D eigenvalue weighted by molar-refractivity contribution is 7.99. The second-order valence-electron chi connectivity index (χ2n) is 4.29. The second-order valence-corrected chi connectivity index (χ2v) is 5.44. The molecule has 18 heavy (non-hydrogen) atoms. The molecule has 0 radical (unpaired) electrons. The van der Waals surface area contributed by atoms with Gasteiger partial charge in [-0.2, -0.15) is 11.8 Å². The first-order valence-electron chi connectivity index (χ1n) is 5.60. The van der Waals surface area contributed by atoms with Crippen LogP contribution in [0.4, 0.5) is 14.5 Å². The van der Waals surface area contributed by atoms with Gasteiger partial charge in [0.25, 0.3) is 5.91 Å². The summed E-state index contributed by atoms with van der Waals surface area (Å²) in [5.41, 5.74) is 4.98. The van der Waals surface area contributed by atoms with Crippen LogP contribution in [0.1, 0.15) is 16.8 Å². The Morgan fingerprint density at radius 1 is 1.44 bits per heavy atom. The number of nitrogen functional groups attached to an aromatic ring is 1. The van der Waals surface area contributed by atoms with Gasteiger partial charge in [0.05, 0.1) is 11.3 Å². The highest BCUT2D eigenvalue weighted by Crippen LogP contribution is 2.24. The van der Waals surface area contributed by atoms with Crippen LogP contribution in [0.3, 0.4) is 0 Å². The van der Waals surface area contributed by atoms with Crippen molar-refractivity contribution in [3.8, 4) is 0 Å². The van der Waals surface area contributed by atoms with Gasteiger partial charge in [0.1, 0.15) is 11.6 Å². The molecule has 1 aliphatic heterocycles. The van der Waals surface area contributed by atoms with Crippen LogP contribution in [0.2, 0.25) is 0 Å². The number of hydrogen-bond donors (Lipinski definition) is 1. The lowest BCUT2D eigenvalue weighted by atomic mass is 10.1. The van der Waals surface area contributed by atoms with Crippen LogP contribution in [0.25, 0.3) is 0 Å². The number of halogens is 2. The van der Waals surface area contributed by atoms with E-state index >= 15 is 0 Å². The zero-order chi connectivity index (χ0) is 13.3. The predicted molar refractivity (Wildman–Crippen MR) is 68.6 cm³/mol. The Morgan fingerprint density at radius 3 is 2.78 bits per heavy atom. The Labute approximate surface area is 108 Å². The molecule has 1 heterocycles. The summed E-state index contributed by atoms with van der Waals surface area (Å²) in [5.74, 6) is -0.323. The molecule has 98 valence electrons. The van der Waals surface area contributed by atoms with E-state index in [2.05, 4.69) is 0 Å². The number of rotatable bonds is 2. The first kappa shape index (κ1) is 13.1. The predicted octanol–water partition coefficient (Wildman–Crippen LogP) is 2.12. The fraction of sp³-hybridized carbons (Fsp3) is 0.417. The summed E-state index contributed by atoms with van der Waals surface area (Å²) in [7, 11) is 1.64. The van der Waals surface area contributed by atoms with E-state index < -0.39 is 17.5 Å². The van der Waals surface area contributed by atoms with Gasteiger partial charge in [0, 0.05) is 24.9 Å². The minimum atomic E-state index is -0.871. The molecule has 3 nitrogen and oxygen atoms in total. The summed E-state index contributed by atoms with van der Waals surface area (Å²) in [5, 5.41) is 0. The summed E-state index contributed by atoms with van der Waals surface area (Å²) >= 11 is 1.76. The Morgan fingerprint density at radius 2 is 2.17 bits per heavy atom. The molecule has 0 saturated carbocycles. The molecule has 0 bridgehead atoms. The van der Waals surface area contributed by atoms with Crippen LogP contribution in [-0.4, -0.2) is 35.4 Å². The van der Waals surface area contributed by atoms with Crippen molar-refractivity contribution in [1.82, 2.24) is 4.90 Å². The van der Waals surface area contributed by atoms with E-state index in [4.69, 9.17) is 5.73 Å². The Kier molecular flexibility index (Phi) is 3.75. The third kappa shape index (κ3) is 2.43. The highest BCUT2D eigenvalue weighted by atomic mass is 32.2. The molecule has 1 unspecified atom stereocenters. The number of nitrogens with two attached hydrogens (primary N) is 1. The average Bonchev–Trinajstić information content (AvgIpc) is 2.85. The summed E-state index contributed by atoms with van der Waals surface area (Å²) < 4.78 is 26.6. The van der Waals surface area contributed by atoms with Crippen molar-refractivity contribution in [2.45, 2.75) is 12.5 Å². The maximum absolute atomic E-state index is 13.6. The van der Waals surface area contributed by atoms with Crippen molar-refractivity contribution in [3.05, 3.63) is 29.3 Å². The SMILES string of the molecule is CN(C(=O)c1cc(N)c(F)cc1F)C1CCSC1. The molecular weight excluding hydrogens is 258 g/mol. The van der Waals surface area contributed by atoms with Gasteiger partial charge in [0.15, 0.2) is 0 Å². The van der Waals surface area contributed by atoms with Gasteiger partial charge < -0.3 is 10.6 Å². The summed E-state index contributed by atoms with van der Waals surface area (Å²) in [6.45, 7) is 0. The number of anilines is 1. The van der Waals surface area contributed by atoms with Crippen molar-refractivity contribution < 1.29 is 13.6 Å². The number of benzene rings is 1. The number of amides is 1. The summed E-state index contributed by atoms with van der Waals surface area (Å²) in [6.07, 6.45) is 0.894. The normalized spacial score (nSPS) is 18.9. The van der Waals surface area contributed by atoms with Crippen LogP contribution in [-0.2, 0) is 0 Å². The van der Waals surface area contributed by atoms with Crippen LogP contribution in [0, 0.1) is 11.6 Å². The molecule has 1 aliphatic rings. The Balaban J connectivity index is 2.25. The molecule has 0 spiro atoms. The number of thioether (sulfide) groups is 1. The van der Waals surface area contributed by atoms with E-state index in [9.17, 15) is 13.6 Å². The highest BCUT2D eigenvalue weighted by Gasteiger charge is 2.26. The molecule has 0 aliphatic carbocycles. The van der Waals surface area contributed by atoms with E-state index in [1.165, 1.54) is 4.90 Å². The molecule has 1 aromatic carbocycles. The minimum Gasteiger partial charge on any atom is -0.396 e. The maximum atomic E-state index is 13.6. The molecule has 1 fully saturated rings. The van der Waals surface area contributed by atoms with Crippen LogP contribution in [0.15, 0.2) is 12.1 Å². The van der Waals surface area contributed by atoms with Gasteiger partial charge >= 0.3 is 0 Å². The van der Waals surface area contributed by atoms with Crippen molar-refractivity contribution in [1.29, 1.82) is 0 Å². The monoisotopic (exact) mass is 272 g/mol. The molecule has 6 heteroatoms. The largest absolute Gasteiger partial charge is 0.396 e. The molecule has 1 atom stereocenters. The van der Waals surface area contributed by atoms with Crippen molar-refractivity contribution in [2.75, 3.05) is 24.3 Å². The molecule has 1 aromatic rings. The van der Waals surface area contributed by atoms with E-state index in [0.29, 0.717) is 6.07 Å². The van der Waals surface area contributed by atoms with Crippen molar-refractivity contribution in [2.24, 2.45) is 0 Å². The average molecular weight is 272 g/mol. The first-order chi connectivity index (χ1) is 8.50. The van der Waals surface area contributed by atoms with Gasteiger partial charge in [-0.3, -0.25) is 4.79 Å². The maximum Gasteiger partial charge on any atom is 0.256 e. The Hall–Kier alpha value is -1.30. The first-order valence-corrected chi connectivity index (χ1v) is 6.75. The third-order valence-corrected chi connectivity index (χ3v) is 4.24. The molecule has 2 rings (SSSR count). The Bertz CT molecular complexity index is 475. The van der Waals surface area contributed by atoms with E-state index in [-0.39, 0.29) is 17.3 Å². The topological polar surface area (TPSA) is 46.3 Å². The van der Waals surface area contributed by atoms with E-state index in [1.807, 2.05) is 0 Å². The number of carbonyl (C=O) groups excluding carboxylic acids is 1. The standard InChI is InChI=1S/C12H14F2N2OS/c1-16(7-2-3-18-6-7)12(17)8-4-11(15)10(14)5-9(8)13/h4-5,7H,2-3,6,15H2,1H3. The molecule has 1 saturated heterocycles. The lowest BCUT2D eigenvalue weighted by Crippen LogP contribution is -2.37. The lowest BCUT2D eigenvalue weighted by molar-refractivity contribution is 0.0743. The summed E-state index contributed by atoms with van der Waals surface area (Å²) in [6, 6.07) is 1.82. The minimum absolute atomic E-state index is 0.105. The van der Waals surface area contributed by atoms with Gasteiger partial charge in [-0.05, 0) is 18.2 Å². The van der Waals surface area contributed by atoms with Gasteiger partial charge in [-0.15, -0.1) is 0 Å². The fourth-order valence-electron chi connectivity index (χ4n) is 1.91. The molecule has 1 amide bonds. The number of carbonyl (C=O) groups is 1. The van der Waals surface area contributed by atoms with Gasteiger partial charge in [-0.25, -0.2) is 8.78 Å². The van der Waals surface area contributed by atoms with Crippen molar-refractivity contribution >= 4 is 23.4 Å². The number of nitrogens with zero attached hydrogens (tertiary/aromatic N) is 1. The van der Waals surface area contributed by atoms with Gasteiger partial charge in [0.2, 0.25) is 0 Å². The molecular formula is C12H14F2N2OS. The van der Waals surface area contributed by atoms with Crippen LogP contribution in [0.5, 0.6) is 0 Å². The third-order valence-electron chi connectivity index (χ3n) is 3.09. The van der Waals surface area contributed by atoms with Crippen molar-refractivity contribution in [3.63, 3.8) is 0 Å². The lowest BCUT2D eigenvalue weighted by Gasteiger charge is -2.24. The fourth-order valence-corrected chi connectivity index (χ4v) is 3.18. The van der Waals surface area contributed by atoms with E-state index in [1.54, 1.807) is 18.8 Å². The zero-order valence-electron chi connectivity index (χ0n) is 9.95. The second kappa shape index (κ2) is 5.14.